The standard InChI is InChI=1S/C13H8N4/c14-8-10-4-1-2-6-12(10)17-13-11(9-15)5-3-7-16-13/h1-7H,(H,16,17). The monoisotopic (exact) mass is 220 g/mol. The first-order chi connectivity index (χ1) is 8.35. The van der Waals surface area contributed by atoms with Crippen molar-refractivity contribution in [2.24, 2.45) is 0 Å². The Hall–Kier alpha value is -2.85. The van der Waals surface area contributed by atoms with E-state index in [2.05, 4.69) is 16.4 Å². The fourth-order valence-corrected chi connectivity index (χ4v) is 1.41. The summed E-state index contributed by atoms with van der Waals surface area (Å²) in [5.41, 5.74) is 1.60. The van der Waals surface area contributed by atoms with Crippen molar-refractivity contribution in [3.05, 3.63) is 53.7 Å². The predicted molar refractivity (Wildman–Crippen MR) is 63.4 cm³/mol. The first kappa shape index (κ1) is 10.7. The van der Waals surface area contributed by atoms with Crippen LogP contribution in [0, 0.1) is 22.7 Å². The van der Waals surface area contributed by atoms with Crippen LogP contribution in [0.5, 0.6) is 0 Å². The lowest BCUT2D eigenvalue weighted by atomic mass is 10.2. The molecule has 2 aromatic rings. The molecule has 4 nitrogen and oxygen atoms in total. The second-order valence-corrected chi connectivity index (χ2v) is 3.29. The zero-order valence-corrected chi connectivity index (χ0v) is 8.88. The number of pyridine rings is 1. The Kier molecular flexibility index (Phi) is 3.00. The zero-order chi connectivity index (χ0) is 12.1. The highest BCUT2D eigenvalue weighted by molar-refractivity contribution is 5.67. The molecule has 0 saturated heterocycles. The van der Waals surface area contributed by atoms with Crippen LogP contribution >= 0.6 is 0 Å². The molecule has 0 saturated carbocycles. The first-order valence-electron chi connectivity index (χ1n) is 4.96. The summed E-state index contributed by atoms with van der Waals surface area (Å²) < 4.78 is 0. The molecule has 0 atom stereocenters. The molecular formula is C13H8N4. The van der Waals surface area contributed by atoms with Gasteiger partial charge in [0.2, 0.25) is 0 Å². The SMILES string of the molecule is N#Cc1ccccc1Nc1ncccc1C#N. The van der Waals surface area contributed by atoms with Gasteiger partial charge in [0, 0.05) is 6.20 Å². The normalized spacial score (nSPS) is 9.06. The van der Waals surface area contributed by atoms with Gasteiger partial charge in [-0.25, -0.2) is 4.98 Å². The molecule has 1 aromatic heterocycles. The average molecular weight is 220 g/mol. The van der Waals surface area contributed by atoms with Crippen LogP contribution in [-0.4, -0.2) is 4.98 Å². The number of nitrogens with one attached hydrogen (secondary N) is 1. The predicted octanol–water partition coefficient (Wildman–Crippen LogP) is 2.57. The molecule has 0 aliphatic carbocycles. The molecule has 0 radical (unpaired) electrons. The molecule has 1 heterocycles. The van der Waals surface area contributed by atoms with E-state index in [0.717, 1.165) is 0 Å². The molecule has 80 valence electrons. The van der Waals surface area contributed by atoms with Gasteiger partial charge in [-0.1, -0.05) is 12.1 Å². The van der Waals surface area contributed by atoms with E-state index in [-0.39, 0.29) is 0 Å². The van der Waals surface area contributed by atoms with Crippen LogP contribution in [0.2, 0.25) is 0 Å². The Morgan fingerprint density at radius 3 is 2.41 bits per heavy atom. The quantitative estimate of drug-likeness (QED) is 0.844. The summed E-state index contributed by atoms with van der Waals surface area (Å²) >= 11 is 0. The van der Waals surface area contributed by atoms with Crippen molar-refractivity contribution in [2.75, 3.05) is 5.32 Å². The number of aromatic nitrogens is 1. The largest absolute Gasteiger partial charge is 0.338 e. The average Bonchev–Trinajstić information content (AvgIpc) is 2.40. The highest BCUT2D eigenvalue weighted by atomic mass is 15.0. The van der Waals surface area contributed by atoms with Gasteiger partial charge in [0.05, 0.1) is 16.8 Å². The molecule has 0 bridgehead atoms. The van der Waals surface area contributed by atoms with E-state index in [1.807, 2.05) is 12.1 Å². The van der Waals surface area contributed by atoms with Crippen LogP contribution in [0.15, 0.2) is 42.6 Å². The Balaban J connectivity index is 2.40. The summed E-state index contributed by atoms with van der Waals surface area (Å²) in [5, 5.41) is 20.9. The number of anilines is 2. The van der Waals surface area contributed by atoms with Gasteiger partial charge in [-0.2, -0.15) is 10.5 Å². The maximum absolute atomic E-state index is 8.95. The minimum atomic E-state index is 0.445. The number of hydrogen-bond donors (Lipinski definition) is 1. The summed E-state index contributed by atoms with van der Waals surface area (Å²) in [4.78, 5) is 4.08. The van der Waals surface area contributed by atoms with Gasteiger partial charge in [-0.05, 0) is 24.3 Å². The van der Waals surface area contributed by atoms with E-state index >= 15 is 0 Å². The highest BCUT2D eigenvalue weighted by Gasteiger charge is 2.05. The smallest absolute Gasteiger partial charge is 0.148 e. The molecule has 0 amide bonds. The molecule has 17 heavy (non-hydrogen) atoms. The fourth-order valence-electron chi connectivity index (χ4n) is 1.41. The summed E-state index contributed by atoms with van der Waals surface area (Å²) in [7, 11) is 0. The van der Waals surface area contributed by atoms with E-state index < -0.39 is 0 Å². The van der Waals surface area contributed by atoms with Crippen LogP contribution in [0.3, 0.4) is 0 Å². The molecule has 0 unspecified atom stereocenters. The fraction of sp³-hybridized carbons (Fsp3) is 0. The Bertz CT molecular complexity index is 564. The second-order valence-electron chi connectivity index (χ2n) is 3.29. The van der Waals surface area contributed by atoms with E-state index in [4.69, 9.17) is 10.5 Å². The Morgan fingerprint density at radius 1 is 0.941 bits per heavy atom. The lowest BCUT2D eigenvalue weighted by molar-refractivity contribution is 1.28. The Morgan fingerprint density at radius 2 is 1.65 bits per heavy atom. The molecule has 0 aliphatic heterocycles. The van der Waals surface area contributed by atoms with E-state index in [9.17, 15) is 0 Å². The van der Waals surface area contributed by atoms with Crippen LogP contribution in [0.4, 0.5) is 11.5 Å². The van der Waals surface area contributed by atoms with Crippen molar-refractivity contribution in [1.82, 2.24) is 4.98 Å². The van der Waals surface area contributed by atoms with E-state index in [0.29, 0.717) is 22.6 Å². The topological polar surface area (TPSA) is 72.5 Å². The minimum absolute atomic E-state index is 0.445. The lowest BCUT2D eigenvalue weighted by Gasteiger charge is -2.07. The number of nitrogens with zero attached hydrogens (tertiary/aromatic N) is 3. The number of nitriles is 2. The maximum Gasteiger partial charge on any atom is 0.148 e. The molecule has 2 rings (SSSR count). The molecule has 1 N–H and O–H groups in total. The van der Waals surface area contributed by atoms with E-state index in [1.165, 1.54) is 0 Å². The van der Waals surface area contributed by atoms with Gasteiger partial charge < -0.3 is 5.32 Å². The van der Waals surface area contributed by atoms with Crippen LogP contribution < -0.4 is 5.32 Å². The lowest BCUT2D eigenvalue weighted by Crippen LogP contribution is -1.98. The van der Waals surface area contributed by atoms with Gasteiger partial charge in [-0.3, -0.25) is 0 Å². The molecule has 0 fully saturated rings. The third-order valence-corrected chi connectivity index (χ3v) is 2.23. The van der Waals surface area contributed by atoms with Gasteiger partial charge >= 0.3 is 0 Å². The third-order valence-electron chi connectivity index (χ3n) is 2.23. The van der Waals surface area contributed by atoms with Gasteiger partial charge in [0.1, 0.15) is 18.0 Å². The zero-order valence-electron chi connectivity index (χ0n) is 8.88. The summed E-state index contributed by atoms with van der Waals surface area (Å²) in [6.45, 7) is 0. The summed E-state index contributed by atoms with van der Waals surface area (Å²) in [6, 6.07) is 14.6. The van der Waals surface area contributed by atoms with Crippen LogP contribution in [-0.2, 0) is 0 Å². The van der Waals surface area contributed by atoms with E-state index in [1.54, 1.807) is 36.5 Å². The van der Waals surface area contributed by atoms with Crippen molar-refractivity contribution >= 4 is 11.5 Å². The van der Waals surface area contributed by atoms with Crippen molar-refractivity contribution < 1.29 is 0 Å². The minimum Gasteiger partial charge on any atom is -0.338 e. The summed E-state index contributed by atoms with van der Waals surface area (Å²) in [6.07, 6.45) is 1.60. The summed E-state index contributed by atoms with van der Waals surface area (Å²) in [5.74, 6) is 0.456. The molecule has 4 heteroatoms. The molecule has 0 aliphatic rings. The number of rotatable bonds is 2. The molecule has 0 spiro atoms. The van der Waals surface area contributed by atoms with Gasteiger partial charge in [0.15, 0.2) is 0 Å². The van der Waals surface area contributed by atoms with Crippen molar-refractivity contribution in [3.63, 3.8) is 0 Å². The first-order valence-corrected chi connectivity index (χ1v) is 4.96. The number of hydrogen-bond acceptors (Lipinski definition) is 4. The maximum atomic E-state index is 8.95. The highest BCUT2D eigenvalue weighted by Crippen LogP contribution is 2.20. The number of benzene rings is 1. The number of para-hydroxylation sites is 1. The van der Waals surface area contributed by atoms with Crippen molar-refractivity contribution in [3.8, 4) is 12.1 Å². The third kappa shape index (κ3) is 2.22. The Labute approximate surface area is 98.8 Å². The van der Waals surface area contributed by atoms with Crippen LogP contribution in [0.25, 0.3) is 0 Å². The molecular weight excluding hydrogens is 212 g/mol. The van der Waals surface area contributed by atoms with Gasteiger partial charge in [-0.15, -0.1) is 0 Å². The second kappa shape index (κ2) is 4.78. The van der Waals surface area contributed by atoms with Crippen LogP contribution in [0.1, 0.15) is 11.1 Å². The van der Waals surface area contributed by atoms with Crippen molar-refractivity contribution in [1.29, 1.82) is 10.5 Å². The molecule has 1 aromatic carbocycles. The van der Waals surface area contributed by atoms with Gasteiger partial charge in [0.25, 0.3) is 0 Å². The van der Waals surface area contributed by atoms with Crippen molar-refractivity contribution in [2.45, 2.75) is 0 Å².